The van der Waals surface area contributed by atoms with Crippen LogP contribution in [0.2, 0.25) is 0 Å². The summed E-state index contributed by atoms with van der Waals surface area (Å²) in [6, 6.07) is 9.61. The van der Waals surface area contributed by atoms with E-state index in [-0.39, 0.29) is 5.56 Å². The molecule has 0 radical (unpaired) electrons. The minimum absolute atomic E-state index is 0.0660. The van der Waals surface area contributed by atoms with Crippen molar-refractivity contribution in [3.8, 4) is 10.8 Å². The van der Waals surface area contributed by atoms with Crippen molar-refractivity contribution in [3.05, 3.63) is 69.4 Å². The summed E-state index contributed by atoms with van der Waals surface area (Å²) in [7, 11) is 0. The number of oxazole rings is 1. The zero-order chi connectivity index (χ0) is 16.7. The van der Waals surface area contributed by atoms with E-state index in [1.165, 1.54) is 0 Å². The van der Waals surface area contributed by atoms with Gasteiger partial charge in [0.25, 0.3) is 5.56 Å². The van der Waals surface area contributed by atoms with E-state index in [0.717, 1.165) is 21.9 Å². The lowest BCUT2D eigenvalue weighted by molar-refractivity contribution is 0.538. The molecule has 5 nitrogen and oxygen atoms in total. The van der Waals surface area contributed by atoms with Crippen molar-refractivity contribution in [2.75, 3.05) is 0 Å². The highest BCUT2D eigenvalue weighted by Crippen LogP contribution is 2.26. The van der Waals surface area contributed by atoms with Gasteiger partial charge in [0.05, 0.1) is 28.7 Å². The predicted molar refractivity (Wildman–Crippen MR) is 94.4 cm³/mol. The Labute approximate surface area is 142 Å². The van der Waals surface area contributed by atoms with Crippen molar-refractivity contribution >= 4 is 22.2 Å². The van der Waals surface area contributed by atoms with E-state index in [1.54, 1.807) is 22.2 Å². The fourth-order valence-electron chi connectivity index (χ4n) is 2.63. The third-order valence-electron chi connectivity index (χ3n) is 3.92. The van der Waals surface area contributed by atoms with E-state index in [0.29, 0.717) is 23.3 Å². The molecule has 4 rings (SSSR count). The molecule has 24 heavy (non-hydrogen) atoms. The summed E-state index contributed by atoms with van der Waals surface area (Å²) in [5.41, 5.74) is 2.42. The van der Waals surface area contributed by atoms with Crippen LogP contribution in [-0.4, -0.2) is 14.5 Å². The number of hydrogen-bond acceptors (Lipinski definition) is 5. The lowest BCUT2D eigenvalue weighted by Gasteiger charge is -2.05. The zero-order valence-corrected chi connectivity index (χ0v) is 14.1. The molecule has 4 aromatic rings. The van der Waals surface area contributed by atoms with Crippen LogP contribution >= 0.6 is 11.3 Å². The largest absolute Gasteiger partial charge is 0.440 e. The van der Waals surface area contributed by atoms with Crippen molar-refractivity contribution in [1.29, 1.82) is 0 Å². The summed E-state index contributed by atoms with van der Waals surface area (Å²) in [5, 5.41) is 2.60. The molecule has 120 valence electrons. The Balaban J connectivity index is 1.75. The molecule has 3 aromatic heterocycles. The van der Waals surface area contributed by atoms with E-state index in [9.17, 15) is 4.79 Å². The molecular formula is C18H15N3O2S. The Bertz CT molecular complexity index is 1080. The summed E-state index contributed by atoms with van der Waals surface area (Å²) >= 11 is 1.57. The molecule has 0 aliphatic carbocycles. The number of rotatable bonds is 3. The van der Waals surface area contributed by atoms with Gasteiger partial charge in [-0.3, -0.25) is 9.36 Å². The van der Waals surface area contributed by atoms with Crippen LogP contribution < -0.4 is 5.56 Å². The molecule has 0 saturated carbocycles. The van der Waals surface area contributed by atoms with Crippen molar-refractivity contribution in [2.24, 2.45) is 0 Å². The van der Waals surface area contributed by atoms with Crippen LogP contribution in [0.25, 0.3) is 21.7 Å². The second-order valence-electron chi connectivity index (χ2n) is 5.70. The number of benzene rings is 1. The first-order valence-corrected chi connectivity index (χ1v) is 8.46. The van der Waals surface area contributed by atoms with Crippen molar-refractivity contribution in [3.63, 3.8) is 0 Å². The van der Waals surface area contributed by atoms with Gasteiger partial charge in [-0.05, 0) is 37.4 Å². The standard InChI is InChI=1S/C18H15N3O2S/c1-11-5-6-14-13(8-11)18(22)21(10-19-14)9-15-12(2)23-17(20-15)16-4-3-7-24-16/h3-8,10H,9H2,1-2H3. The molecule has 0 aliphatic heterocycles. The van der Waals surface area contributed by atoms with Gasteiger partial charge >= 0.3 is 0 Å². The Hall–Kier alpha value is -2.73. The number of fused-ring (bicyclic) bond motifs is 1. The molecule has 0 N–H and O–H groups in total. The van der Waals surface area contributed by atoms with Gasteiger partial charge in [-0.2, -0.15) is 0 Å². The molecule has 0 bridgehead atoms. The predicted octanol–water partition coefficient (Wildman–Crippen LogP) is 3.78. The highest BCUT2D eigenvalue weighted by Gasteiger charge is 2.14. The van der Waals surface area contributed by atoms with Crippen LogP contribution in [0.3, 0.4) is 0 Å². The Kier molecular flexibility index (Phi) is 3.54. The summed E-state index contributed by atoms with van der Waals surface area (Å²) in [6.07, 6.45) is 1.57. The fourth-order valence-corrected chi connectivity index (χ4v) is 3.28. The van der Waals surface area contributed by atoms with Crippen LogP contribution in [0.5, 0.6) is 0 Å². The number of thiophene rings is 1. The number of nitrogens with zero attached hydrogens (tertiary/aromatic N) is 3. The van der Waals surface area contributed by atoms with E-state index < -0.39 is 0 Å². The van der Waals surface area contributed by atoms with Crippen LogP contribution in [0, 0.1) is 13.8 Å². The summed E-state index contributed by atoms with van der Waals surface area (Å²) in [6.45, 7) is 4.17. The van der Waals surface area contributed by atoms with Crippen LogP contribution in [0.15, 0.2) is 51.3 Å². The average molecular weight is 337 g/mol. The molecule has 0 amide bonds. The number of aryl methyl sites for hydroxylation is 2. The Morgan fingerprint density at radius 2 is 2.12 bits per heavy atom. The summed E-state index contributed by atoms with van der Waals surface area (Å²) in [4.78, 5) is 22.6. The van der Waals surface area contributed by atoms with E-state index in [1.807, 2.05) is 49.6 Å². The summed E-state index contributed by atoms with van der Waals surface area (Å²) in [5.74, 6) is 1.31. The number of aromatic nitrogens is 3. The molecule has 0 unspecified atom stereocenters. The molecule has 0 aliphatic rings. The van der Waals surface area contributed by atoms with Gasteiger partial charge in [-0.25, -0.2) is 9.97 Å². The molecule has 0 spiro atoms. The van der Waals surface area contributed by atoms with Crippen molar-refractivity contribution in [2.45, 2.75) is 20.4 Å². The highest BCUT2D eigenvalue weighted by atomic mass is 32.1. The first-order valence-electron chi connectivity index (χ1n) is 7.58. The smallest absolute Gasteiger partial charge is 0.261 e. The van der Waals surface area contributed by atoms with Gasteiger partial charge in [0.1, 0.15) is 11.5 Å². The topological polar surface area (TPSA) is 60.9 Å². The van der Waals surface area contributed by atoms with Crippen LogP contribution in [-0.2, 0) is 6.54 Å². The maximum absolute atomic E-state index is 12.7. The third-order valence-corrected chi connectivity index (χ3v) is 4.78. The highest BCUT2D eigenvalue weighted by molar-refractivity contribution is 7.13. The van der Waals surface area contributed by atoms with Crippen molar-refractivity contribution < 1.29 is 4.42 Å². The van der Waals surface area contributed by atoms with Crippen LogP contribution in [0.1, 0.15) is 17.0 Å². The van der Waals surface area contributed by atoms with Crippen LogP contribution in [0.4, 0.5) is 0 Å². The fraction of sp³-hybridized carbons (Fsp3) is 0.167. The second kappa shape index (κ2) is 5.72. The molecule has 1 aromatic carbocycles. The lowest BCUT2D eigenvalue weighted by atomic mass is 10.2. The second-order valence-corrected chi connectivity index (χ2v) is 6.65. The Morgan fingerprint density at radius 1 is 1.25 bits per heavy atom. The van der Waals surface area contributed by atoms with Crippen molar-refractivity contribution in [1.82, 2.24) is 14.5 Å². The maximum Gasteiger partial charge on any atom is 0.261 e. The monoisotopic (exact) mass is 337 g/mol. The van der Waals surface area contributed by atoms with Gasteiger partial charge in [-0.1, -0.05) is 17.7 Å². The molecule has 0 atom stereocenters. The zero-order valence-electron chi connectivity index (χ0n) is 13.3. The van der Waals surface area contributed by atoms with E-state index >= 15 is 0 Å². The average Bonchev–Trinajstić information content (AvgIpc) is 3.21. The maximum atomic E-state index is 12.7. The molecule has 6 heteroatoms. The van der Waals surface area contributed by atoms with Gasteiger partial charge < -0.3 is 4.42 Å². The van der Waals surface area contributed by atoms with Gasteiger partial charge in [0, 0.05) is 0 Å². The SMILES string of the molecule is Cc1ccc2ncn(Cc3nc(-c4cccs4)oc3C)c(=O)c2c1. The van der Waals surface area contributed by atoms with Gasteiger partial charge in [-0.15, -0.1) is 11.3 Å². The minimum Gasteiger partial charge on any atom is -0.440 e. The molecule has 0 saturated heterocycles. The molecular weight excluding hydrogens is 322 g/mol. The third kappa shape index (κ3) is 2.55. The molecule has 3 heterocycles. The molecule has 0 fully saturated rings. The normalized spacial score (nSPS) is 11.2. The van der Waals surface area contributed by atoms with E-state index in [4.69, 9.17) is 4.42 Å². The first kappa shape index (κ1) is 14.8. The summed E-state index contributed by atoms with van der Waals surface area (Å²) < 4.78 is 7.32. The van der Waals surface area contributed by atoms with E-state index in [2.05, 4.69) is 9.97 Å². The Morgan fingerprint density at radius 3 is 2.92 bits per heavy atom. The van der Waals surface area contributed by atoms with Gasteiger partial charge in [0.2, 0.25) is 5.89 Å². The first-order chi connectivity index (χ1) is 11.6. The minimum atomic E-state index is -0.0660. The number of hydrogen-bond donors (Lipinski definition) is 0. The van der Waals surface area contributed by atoms with Gasteiger partial charge in [0.15, 0.2) is 0 Å². The quantitative estimate of drug-likeness (QED) is 0.571. The lowest BCUT2D eigenvalue weighted by Crippen LogP contribution is -2.21.